The Morgan fingerprint density at radius 3 is 2.38 bits per heavy atom. The summed E-state index contributed by atoms with van der Waals surface area (Å²) in [7, 11) is 0. The molecule has 1 aromatic heterocycles. The van der Waals surface area contributed by atoms with E-state index in [4.69, 9.17) is 0 Å². The standard InChI is InChI=1S/C17H16F2N2/c1-2-16-20-14-10-6-7-11-15(14)21(16)12-17(18,19)13-8-4-3-5-9-13/h3-11H,2,12H2,1H3. The van der Waals surface area contributed by atoms with Crippen molar-refractivity contribution in [2.45, 2.75) is 25.8 Å². The van der Waals surface area contributed by atoms with E-state index in [0.29, 0.717) is 12.2 Å². The highest BCUT2D eigenvalue weighted by molar-refractivity contribution is 5.75. The van der Waals surface area contributed by atoms with Gasteiger partial charge in [0, 0.05) is 12.0 Å². The summed E-state index contributed by atoms with van der Waals surface area (Å²) in [5.74, 6) is -2.24. The molecule has 0 bridgehead atoms. The predicted octanol–water partition coefficient (Wildman–Crippen LogP) is 4.39. The summed E-state index contributed by atoms with van der Waals surface area (Å²) >= 11 is 0. The summed E-state index contributed by atoms with van der Waals surface area (Å²) in [4.78, 5) is 4.44. The van der Waals surface area contributed by atoms with Gasteiger partial charge < -0.3 is 4.57 Å². The van der Waals surface area contributed by atoms with E-state index < -0.39 is 5.92 Å². The lowest BCUT2D eigenvalue weighted by molar-refractivity contribution is -0.0218. The molecule has 2 nitrogen and oxygen atoms in total. The van der Waals surface area contributed by atoms with Gasteiger partial charge in [0.05, 0.1) is 17.6 Å². The number of alkyl halides is 2. The van der Waals surface area contributed by atoms with Crippen LogP contribution in [-0.2, 0) is 18.9 Å². The van der Waals surface area contributed by atoms with Crippen LogP contribution in [0.1, 0.15) is 18.3 Å². The molecule has 4 heteroatoms. The Morgan fingerprint density at radius 2 is 1.67 bits per heavy atom. The smallest absolute Gasteiger partial charge is 0.290 e. The van der Waals surface area contributed by atoms with Crippen LogP contribution in [0, 0.1) is 0 Å². The zero-order valence-electron chi connectivity index (χ0n) is 11.8. The summed E-state index contributed by atoms with van der Waals surface area (Å²) in [6, 6.07) is 15.3. The zero-order chi connectivity index (χ0) is 14.9. The summed E-state index contributed by atoms with van der Waals surface area (Å²) in [6.45, 7) is 1.54. The van der Waals surface area contributed by atoms with Crippen LogP contribution in [0.5, 0.6) is 0 Å². The summed E-state index contributed by atoms with van der Waals surface area (Å²) < 4.78 is 30.7. The first-order valence-corrected chi connectivity index (χ1v) is 6.99. The van der Waals surface area contributed by atoms with Gasteiger partial charge in [0.1, 0.15) is 5.82 Å². The predicted molar refractivity (Wildman–Crippen MR) is 79.4 cm³/mol. The summed E-state index contributed by atoms with van der Waals surface area (Å²) in [5.41, 5.74) is 1.55. The van der Waals surface area contributed by atoms with Gasteiger partial charge in [0.25, 0.3) is 5.92 Å². The number of benzene rings is 2. The van der Waals surface area contributed by atoms with E-state index in [0.717, 1.165) is 11.0 Å². The SMILES string of the molecule is CCc1nc2ccccc2n1CC(F)(F)c1ccccc1. The third-order valence-corrected chi connectivity index (χ3v) is 3.60. The maximum Gasteiger partial charge on any atom is 0.290 e. The number of aromatic nitrogens is 2. The number of fused-ring (bicyclic) bond motifs is 1. The number of imidazole rings is 1. The lowest BCUT2D eigenvalue weighted by atomic mass is 10.1. The van der Waals surface area contributed by atoms with Crippen molar-refractivity contribution in [1.82, 2.24) is 9.55 Å². The topological polar surface area (TPSA) is 17.8 Å². The number of nitrogens with zero attached hydrogens (tertiary/aromatic N) is 2. The van der Waals surface area contributed by atoms with Crippen molar-refractivity contribution < 1.29 is 8.78 Å². The first-order valence-electron chi connectivity index (χ1n) is 6.99. The van der Waals surface area contributed by atoms with Crippen LogP contribution >= 0.6 is 0 Å². The van der Waals surface area contributed by atoms with Gasteiger partial charge in [-0.05, 0) is 12.1 Å². The van der Waals surface area contributed by atoms with Crippen LogP contribution < -0.4 is 0 Å². The number of para-hydroxylation sites is 2. The van der Waals surface area contributed by atoms with E-state index in [2.05, 4.69) is 4.98 Å². The van der Waals surface area contributed by atoms with Crippen LogP contribution in [0.2, 0.25) is 0 Å². The van der Waals surface area contributed by atoms with Crippen LogP contribution in [-0.4, -0.2) is 9.55 Å². The Hall–Kier alpha value is -2.23. The lowest BCUT2D eigenvalue weighted by Crippen LogP contribution is -2.22. The molecule has 0 unspecified atom stereocenters. The Labute approximate surface area is 122 Å². The third-order valence-electron chi connectivity index (χ3n) is 3.60. The van der Waals surface area contributed by atoms with Crippen LogP contribution in [0.3, 0.4) is 0 Å². The minimum Gasteiger partial charge on any atom is -0.322 e. The number of aryl methyl sites for hydroxylation is 1. The third kappa shape index (κ3) is 2.53. The maximum absolute atomic E-state index is 14.5. The molecule has 0 amide bonds. The molecule has 0 spiro atoms. The van der Waals surface area contributed by atoms with E-state index in [1.807, 2.05) is 31.2 Å². The molecule has 0 aliphatic rings. The molecule has 0 radical (unpaired) electrons. The Kier molecular flexibility index (Phi) is 3.45. The van der Waals surface area contributed by atoms with Gasteiger partial charge in [-0.1, -0.05) is 49.4 Å². The molecule has 0 aliphatic carbocycles. The minimum absolute atomic E-state index is 0.0323. The van der Waals surface area contributed by atoms with E-state index in [1.165, 1.54) is 12.1 Å². The molecule has 21 heavy (non-hydrogen) atoms. The molecule has 108 valence electrons. The van der Waals surface area contributed by atoms with Crippen molar-refractivity contribution >= 4 is 11.0 Å². The fourth-order valence-electron chi connectivity index (χ4n) is 2.54. The molecule has 2 aromatic carbocycles. The van der Waals surface area contributed by atoms with Crippen molar-refractivity contribution in [3.8, 4) is 0 Å². The Balaban J connectivity index is 2.05. The zero-order valence-corrected chi connectivity index (χ0v) is 11.8. The average molecular weight is 286 g/mol. The number of hydrogen-bond acceptors (Lipinski definition) is 1. The van der Waals surface area contributed by atoms with Crippen molar-refractivity contribution in [2.75, 3.05) is 0 Å². The molecule has 0 fully saturated rings. The largest absolute Gasteiger partial charge is 0.322 e. The molecular weight excluding hydrogens is 270 g/mol. The van der Waals surface area contributed by atoms with Gasteiger partial charge in [0.15, 0.2) is 0 Å². The molecule has 0 saturated carbocycles. The quantitative estimate of drug-likeness (QED) is 0.695. The highest BCUT2D eigenvalue weighted by Gasteiger charge is 2.33. The van der Waals surface area contributed by atoms with E-state index >= 15 is 0 Å². The molecule has 0 atom stereocenters. The van der Waals surface area contributed by atoms with Crippen molar-refractivity contribution in [3.05, 3.63) is 66.0 Å². The number of rotatable bonds is 4. The molecule has 3 aromatic rings. The highest BCUT2D eigenvalue weighted by Crippen LogP contribution is 2.31. The molecule has 1 heterocycles. The number of hydrogen-bond donors (Lipinski definition) is 0. The fourth-order valence-corrected chi connectivity index (χ4v) is 2.54. The molecule has 0 aliphatic heterocycles. The Bertz CT molecular complexity index is 748. The van der Waals surface area contributed by atoms with Crippen LogP contribution in [0.4, 0.5) is 8.78 Å². The van der Waals surface area contributed by atoms with E-state index in [1.54, 1.807) is 22.8 Å². The van der Waals surface area contributed by atoms with E-state index in [9.17, 15) is 8.78 Å². The van der Waals surface area contributed by atoms with Crippen molar-refractivity contribution in [1.29, 1.82) is 0 Å². The fraction of sp³-hybridized carbons (Fsp3) is 0.235. The second-order valence-corrected chi connectivity index (χ2v) is 5.03. The van der Waals surface area contributed by atoms with Gasteiger partial charge in [-0.15, -0.1) is 0 Å². The normalized spacial score (nSPS) is 12.0. The summed E-state index contributed by atoms with van der Waals surface area (Å²) in [5, 5.41) is 0. The monoisotopic (exact) mass is 286 g/mol. The van der Waals surface area contributed by atoms with Crippen LogP contribution in [0.25, 0.3) is 11.0 Å². The van der Waals surface area contributed by atoms with Gasteiger partial charge in [-0.3, -0.25) is 0 Å². The molecular formula is C17H16F2N2. The van der Waals surface area contributed by atoms with Crippen LogP contribution in [0.15, 0.2) is 54.6 Å². The van der Waals surface area contributed by atoms with Crippen molar-refractivity contribution in [3.63, 3.8) is 0 Å². The Morgan fingerprint density at radius 1 is 1.00 bits per heavy atom. The first-order chi connectivity index (χ1) is 10.1. The van der Waals surface area contributed by atoms with Gasteiger partial charge in [0.2, 0.25) is 0 Å². The van der Waals surface area contributed by atoms with Crippen molar-refractivity contribution in [2.24, 2.45) is 0 Å². The lowest BCUT2D eigenvalue weighted by Gasteiger charge is -2.19. The van der Waals surface area contributed by atoms with E-state index in [-0.39, 0.29) is 12.1 Å². The number of halogens is 2. The highest BCUT2D eigenvalue weighted by atomic mass is 19.3. The molecule has 0 N–H and O–H groups in total. The minimum atomic E-state index is -2.92. The maximum atomic E-state index is 14.5. The molecule has 3 rings (SSSR count). The second kappa shape index (κ2) is 5.28. The molecule has 0 saturated heterocycles. The average Bonchev–Trinajstić information content (AvgIpc) is 2.86. The van der Waals surface area contributed by atoms with Gasteiger partial charge >= 0.3 is 0 Å². The van der Waals surface area contributed by atoms with Gasteiger partial charge in [-0.2, -0.15) is 8.78 Å². The summed E-state index contributed by atoms with van der Waals surface area (Å²) in [6.07, 6.45) is 0.625. The second-order valence-electron chi connectivity index (χ2n) is 5.03. The first kappa shape index (κ1) is 13.7. The van der Waals surface area contributed by atoms with Gasteiger partial charge in [-0.25, -0.2) is 4.98 Å².